The summed E-state index contributed by atoms with van der Waals surface area (Å²) in [4.78, 5) is 50.6. The molecule has 0 aliphatic carbocycles. The average Bonchev–Trinajstić information content (AvgIpc) is 2.94. The molecule has 10 heteroatoms. The molecule has 1 atom stereocenters. The Morgan fingerprint density at radius 1 is 0.929 bits per heavy atom. The van der Waals surface area contributed by atoms with Crippen LogP contribution in [0.4, 0.5) is 4.79 Å². The van der Waals surface area contributed by atoms with Gasteiger partial charge in [-0.05, 0) is 69.7 Å². The lowest BCUT2D eigenvalue weighted by atomic mass is 10.1. The largest absolute Gasteiger partial charge is 0.465 e. The van der Waals surface area contributed by atoms with Crippen LogP contribution >= 0.6 is 0 Å². The molecule has 1 unspecified atom stereocenters. The second kappa shape index (κ2) is 12.6. The highest BCUT2D eigenvalue weighted by Gasteiger charge is 2.27. The summed E-state index contributed by atoms with van der Waals surface area (Å²) >= 11 is 0. The first-order chi connectivity index (χ1) is 19.9. The van der Waals surface area contributed by atoms with Gasteiger partial charge in [0.05, 0.1) is 18.1 Å². The van der Waals surface area contributed by atoms with Crippen molar-refractivity contribution in [3.05, 3.63) is 99.9 Å². The fourth-order valence-corrected chi connectivity index (χ4v) is 4.02. The van der Waals surface area contributed by atoms with Gasteiger partial charge in [0, 0.05) is 12.5 Å². The van der Waals surface area contributed by atoms with Crippen LogP contribution < -0.4 is 20.2 Å². The molecular weight excluding hydrogens is 542 g/mol. The van der Waals surface area contributed by atoms with Crippen LogP contribution in [0.3, 0.4) is 0 Å². The van der Waals surface area contributed by atoms with Crippen molar-refractivity contribution in [1.29, 1.82) is 0 Å². The third-order valence-corrected chi connectivity index (χ3v) is 5.96. The second-order valence-corrected chi connectivity index (χ2v) is 10.4. The van der Waals surface area contributed by atoms with Crippen LogP contribution in [0, 0.1) is 6.92 Å². The lowest BCUT2D eigenvalue weighted by Gasteiger charge is -2.23. The monoisotopic (exact) mass is 573 g/mol. The van der Waals surface area contributed by atoms with E-state index in [9.17, 15) is 19.2 Å². The molecule has 0 aliphatic heterocycles. The van der Waals surface area contributed by atoms with Gasteiger partial charge in [-0.3, -0.25) is 4.79 Å². The minimum absolute atomic E-state index is 0.0254. The number of amides is 1. The number of hydrogen-bond donors (Lipinski definition) is 1. The van der Waals surface area contributed by atoms with E-state index in [0.29, 0.717) is 11.3 Å². The number of benzene rings is 3. The van der Waals surface area contributed by atoms with E-state index in [0.717, 1.165) is 5.56 Å². The fraction of sp³-hybridized carbons (Fsp3) is 0.250. The molecule has 4 aromatic rings. The van der Waals surface area contributed by atoms with Gasteiger partial charge in [-0.15, -0.1) is 0 Å². The van der Waals surface area contributed by atoms with Gasteiger partial charge in [-0.25, -0.2) is 14.4 Å². The maximum absolute atomic E-state index is 13.2. The number of hydrogen-bond acceptors (Lipinski definition) is 9. The number of aryl methyl sites for hydroxylation is 1. The smallest absolute Gasteiger partial charge is 0.408 e. The first kappa shape index (κ1) is 29.9. The topological polar surface area (TPSA) is 130 Å². The van der Waals surface area contributed by atoms with Crippen molar-refractivity contribution in [2.45, 2.75) is 45.8 Å². The van der Waals surface area contributed by atoms with Crippen LogP contribution in [0.2, 0.25) is 0 Å². The van der Waals surface area contributed by atoms with Crippen molar-refractivity contribution in [2.75, 3.05) is 7.11 Å². The number of esters is 2. The first-order valence-electron chi connectivity index (χ1n) is 13.1. The number of carbonyl (C=O) groups is 3. The van der Waals surface area contributed by atoms with Gasteiger partial charge in [0.2, 0.25) is 11.2 Å². The molecule has 0 aliphatic rings. The minimum Gasteiger partial charge on any atom is -0.465 e. The maximum Gasteiger partial charge on any atom is 0.408 e. The zero-order valence-electron chi connectivity index (χ0n) is 23.9. The number of ether oxygens (including phenoxy) is 4. The first-order valence-corrected chi connectivity index (χ1v) is 13.1. The number of methoxy groups -OCH3 is 1. The van der Waals surface area contributed by atoms with E-state index in [-0.39, 0.29) is 34.6 Å². The van der Waals surface area contributed by atoms with Gasteiger partial charge in [0.25, 0.3) is 0 Å². The second-order valence-electron chi connectivity index (χ2n) is 10.4. The Labute approximate surface area is 242 Å². The Morgan fingerprint density at radius 2 is 1.60 bits per heavy atom. The predicted molar refractivity (Wildman–Crippen MR) is 154 cm³/mol. The third-order valence-electron chi connectivity index (χ3n) is 5.96. The summed E-state index contributed by atoms with van der Waals surface area (Å²) in [6, 6.07) is 18.6. The summed E-state index contributed by atoms with van der Waals surface area (Å²) in [5.74, 6) is -0.606. The van der Waals surface area contributed by atoms with Crippen molar-refractivity contribution >= 4 is 29.0 Å². The molecule has 1 N–H and O–H groups in total. The summed E-state index contributed by atoms with van der Waals surface area (Å²) < 4.78 is 27.2. The molecule has 0 fully saturated rings. The quantitative estimate of drug-likeness (QED) is 0.208. The van der Waals surface area contributed by atoms with E-state index in [2.05, 4.69) is 10.1 Å². The molecule has 3 aromatic carbocycles. The molecule has 4 rings (SSSR count). The van der Waals surface area contributed by atoms with Crippen LogP contribution in [0.15, 0.2) is 82.0 Å². The van der Waals surface area contributed by atoms with E-state index in [1.807, 2.05) is 30.3 Å². The zero-order chi connectivity index (χ0) is 30.4. The Bertz CT molecular complexity index is 1650. The van der Waals surface area contributed by atoms with Crippen molar-refractivity contribution in [3.63, 3.8) is 0 Å². The highest BCUT2D eigenvalue weighted by molar-refractivity contribution is 5.89. The van der Waals surface area contributed by atoms with Crippen LogP contribution in [-0.2, 0) is 20.7 Å². The van der Waals surface area contributed by atoms with E-state index >= 15 is 0 Å². The van der Waals surface area contributed by atoms with Gasteiger partial charge in [-0.1, -0.05) is 30.3 Å². The van der Waals surface area contributed by atoms with Crippen molar-refractivity contribution < 1.29 is 37.7 Å². The lowest BCUT2D eigenvalue weighted by Crippen LogP contribution is -2.46. The number of nitrogens with one attached hydrogen (secondary N) is 1. The van der Waals surface area contributed by atoms with Crippen LogP contribution in [0.25, 0.3) is 11.0 Å². The highest BCUT2D eigenvalue weighted by Crippen LogP contribution is 2.28. The molecule has 0 bridgehead atoms. The van der Waals surface area contributed by atoms with Gasteiger partial charge in [0.1, 0.15) is 34.5 Å². The molecule has 0 saturated carbocycles. The minimum atomic E-state index is -1.05. The molecule has 10 nitrogen and oxygen atoms in total. The number of rotatable bonds is 8. The maximum atomic E-state index is 13.2. The fourth-order valence-electron chi connectivity index (χ4n) is 4.02. The zero-order valence-corrected chi connectivity index (χ0v) is 23.9. The Kier molecular flexibility index (Phi) is 8.95. The number of alkyl carbamates (subject to hydrolysis) is 1. The van der Waals surface area contributed by atoms with Gasteiger partial charge >= 0.3 is 18.0 Å². The highest BCUT2D eigenvalue weighted by atomic mass is 16.6. The van der Waals surface area contributed by atoms with Crippen LogP contribution in [-0.4, -0.2) is 36.8 Å². The number of carbonyl (C=O) groups excluding carboxylic acids is 3. The Hall–Kier alpha value is -5.12. The molecule has 1 heterocycles. The molecule has 0 radical (unpaired) electrons. The van der Waals surface area contributed by atoms with Crippen LogP contribution in [0.1, 0.15) is 42.5 Å². The summed E-state index contributed by atoms with van der Waals surface area (Å²) in [5.41, 5.74) is 0.131. The normalized spacial score (nSPS) is 11.8. The van der Waals surface area contributed by atoms with E-state index in [4.69, 9.17) is 18.6 Å². The van der Waals surface area contributed by atoms with E-state index in [1.165, 1.54) is 49.6 Å². The summed E-state index contributed by atoms with van der Waals surface area (Å²) in [6.45, 7) is 6.73. The van der Waals surface area contributed by atoms with Gasteiger partial charge in [-0.2, -0.15) is 0 Å². The Balaban J connectivity index is 1.55. The van der Waals surface area contributed by atoms with Crippen LogP contribution in [0.5, 0.6) is 17.2 Å². The molecule has 1 aromatic heterocycles. The molecule has 0 spiro atoms. The van der Waals surface area contributed by atoms with E-state index < -0.39 is 35.1 Å². The van der Waals surface area contributed by atoms with Gasteiger partial charge < -0.3 is 28.7 Å². The standard InChI is InChI=1S/C32H31NO9/c1-19-28(40-22-13-11-21(12-14-22)29(35)38-5)27(34)24-16-15-23(18-26(24)39-19)41-30(36)25(17-20-9-7-6-8-10-20)33-31(37)42-32(2,3)4/h6-16,18,25H,17H2,1-5H3,(H,33,37). The molecule has 42 heavy (non-hydrogen) atoms. The average molecular weight is 574 g/mol. The van der Waals surface area contributed by atoms with Crippen molar-refractivity contribution in [1.82, 2.24) is 5.32 Å². The van der Waals surface area contributed by atoms with Crippen molar-refractivity contribution in [3.8, 4) is 17.2 Å². The van der Waals surface area contributed by atoms with E-state index in [1.54, 1.807) is 27.7 Å². The molecule has 218 valence electrons. The molecule has 0 saturated heterocycles. The molecular formula is C32H31NO9. The summed E-state index contributed by atoms with van der Waals surface area (Å²) in [5, 5.41) is 2.79. The third kappa shape index (κ3) is 7.54. The lowest BCUT2D eigenvalue weighted by molar-refractivity contribution is -0.136. The van der Waals surface area contributed by atoms with Gasteiger partial charge in [0.15, 0.2) is 0 Å². The number of fused-ring (bicyclic) bond motifs is 1. The Morgan fingerprint density at radius 3 is 2.24 bits per heavy atom. The summed E-state index contributed by atoms with van der Waals surface area (Å²) in [7, 11) is 1.28. The predicted octanol–water partition coefficient (Wildman–Crippen LogP) is 5.72. The molecule has 1 amide bonds. The summed E-state index contributed by atoms with van der Waals surface area (Å²) in [6.07, 6.45) is -0.588. The SMILES string of the molecule is COC(=O)c1ccc(Oc2c(C)oc3cc(OC(=O)C(Cc4ccccc4)NC(=O)OC(C)(C)C)ccc3c2=O)cc1. The van der Waals surface area contributed by atoms with Crippen molar-refractivity contribution in [2.24, 2.45) is 0 Å².